The van der Waals surface area contributed by atoms with Crippen LogP contribution >= 0.6 is 0 Å². The van der Waals surface area contributed by atoms with E-state index in [4.69, 9.17) is 0 Å². The molecule has 0 unspecified atom stereocenters. The molecule has 76 valence electrons. The molecule has 3 nitrogen and oxygen atoms in total. The molecule has 1 fully saturated rings. The number of allylic oxidation sites excluding steroid dienone is 1. The third kappa shape index (κ3) is 1.97. The number of nitrogens with zero attached hydrogens (tertiary/aromatic N) is 2. The van der Waals surface area contributed by atoms with Crippen LogP contribution in [0.1, 0.15) is 25.7 Å². The third-order valence-corrected chi connectivity index (χ3v) is 2.73. The molecule has 14 heavy (non-hydrogen) atoms. The van der Waals surface area contributed by atoms with Gasteiger partial charge in [0, 0.05) is 25.0 Å². The molecule has 0 atom stereocenters. The molecule has 3 heteroatoms. The van der Waals surface area contributed by atoms with Crippen molar-refractivity contribution in [2.45, 2.75) is 38.3 Å². The average molecular weight is 191 g/mol. The van der Waals surface area contributed by atoms with E-state index in [1.807, 2.05) is 18.5 Å². The summed E-state index contributed by atoms with van der Waals surface area (Å²) in [6, 6.07) is 0.626. The molecule has 1 heterocycles. The lowest BCUT2D eigenvalue weighted by Gasteiger charge is -2.13. The standard InChI is InChI=1S/C11H17N3/c1-2-8-14-9-7-12-11(14)13-10-5-3-4-6-10/h2,7,9-10H,1,3-6,8H2,(H,12,13). The van der Waals surface area contributed by atoms with Crippen LogP contribution in [-0.2, 0) is 6.54 Å². The van der Waals surface area contributed by atoms with Gasteiger partial charge in [0.15, 0.2) is 0 Å². The topological polar surface area (TPSA) is 29.9 Å². The van der Waals surface area contributed by atoms with E-state index in [9.17, 15) is 0 Å². The van der Waals surface area contributed by atoms with Crippen molar-refractivity contribution in [3.63, 3.8) is 0 Å². The van der Waals surface area contributed by atoms with Gasteiger partial charge in [0.25, 0.3) is 0 Å². The van der Waals surface area contributed by atoms with Crippen molar-refractivity contribution in [2.24, 2.45) is 0 Å². The fourth-order valence-corrected chi connectivity index (χ4v) is 1.99. The van der Waals surface area contributed by atoms with Crippen molar-refractivity contribution in [2.75, 3.05) is 5.32 Å². The summed E-state index contributed by atoms with van der Waals surface area (Å²) in [4.78, 5) is 4.30. The molecular weight excluding hydrogens is 174 g/mol. The lowest BCUT2D eigenvalue weighted by Crippen LogP contribution is -2.17. The van der Waals surface area contributed by atoms with Crippen LogP contribution in [0.5, 0.6) is 0 Å². The van der Waals surface area contributed by atoms with Gasteiger partial charge in [-0.1, -0.05) is 18.9 Å². The zero-order valence-electron chi connectivity index (χ0n) is 8.45. The molecule has 1 aliphatic rings. The van der Waals surface area contributed by atoms with E-state index in [1.165, 1.54) is 25.7 Å². The van der Waals surface area contributed by atoms with Crippen molar-refractivity contribution in [3.05, 3.63) is 25.0 Å². The molecule has 1 aromatic rings. The highest BCUT2D eigenvalue weighted by Crippen LogP contribution is 2.21. The molecule has 0 spiro atoms. The van der Waals surface area contributed by atoms with Crippen LogP contribution in [0.2, 0.25) is 0 Å². The summed E-state index contributed by atoms with van der Waals surface area (Å²) in [6.45, 7) is 4.56. The lowest BCUT2D eigenvalue weighted by molar-refractivity contribution is 0.721. The number of nitrogens with one attached hydrogen (secondary N) is 1. The Hall–Kier alpha value is -1.25. The van der Waals surface area contributed by atoms with Gasteiger partial charge in [-0.2, -0.15) is 0 Å². The molecule has 0 amide bonds. The Balaban J connectivity index is 1.99. The summed E-state index contributed by atoms with van der Waals surface area (Å²) in [6.07, 6.45) is 11.0. The first-order chi connectivity index (χ1) is 6.90. The Morgan fingerprint density at radius 2 is 2.36 bits per heavy atom. The third-order valence-electron chi connectivity index (χ3n) is 2.73. The largest absolute Gasteiger partial charge is 0.353 e. The van der Waals surface area contributed by atoms with E-state index < -0.39 is 0 Å². The van der Waals surface area contributed by atoms with Gasteiger partial charge in [0.1, 0.15) is 0 Å². The molecule has 0 saturated heterocycles. The summed E-state index contributed by atoms with van der Waals surface area (Å²) in [7, 11) is 0. The highest BCUT2D eigenvalue weighted by atomic mass is 15.2. The summed E-state index contributed by atoms with van der Waals surface area (Å²) in [5.74, 6) is 0.983. The molecule has 1 saturated carbocycles. The molecule has 1 aromatic heterocycles. The summed E-state index contributed by atoms with van der Waals surface area (Å²) in [5, 5.41) is 3.48. The molecule has 1 N–H and O–H groups in total. The monoisotopic (exact) mass is 191 g/mol. The number of hydrogen-bond donors (Lipinski definition) is 1. The van der Waals surface area contributed by atoms with E-state index >= 15 is 0 Å². The van der Waals surface area contributed by atoms with Crippen molar-refractivity contribution < 1.29 is 0 Å². The quantitative estimate of drug-likeness (QED) is 0.741. The van der Waals surface area contributed by atoms with E-state index in [0.29, 0.717) is 6.04 Å². The van der Waals surface area contributed by atoms with Gasteiger partial charge in [-0.25, -0.2) is 4.98 Å². The fraction of sp³-hybridized carbons (Fsp3) is 0.545. The molecule has 0 bridgehead atoms. The van der Waals surface area contributed by atoms with Gasteiger partial charge in [0.05, 0.1) is 0 Å². The average Bonchev–Trinajstić information content (AvgIpc) is 2.80. The summed E-state index contributed by atoms with van der Waals surface area (Å²) >= 11 is 0. The smallest absolute Gasteiger partial charge is 0.203 e. The Bertz CT molecular complexity index is 297. The minimum absolute atomic E-state index is 0.626. The zero-order chi connectivity index (χ0) is 9.80. The van der Waals surface area contributed by atoms with E-state index in [1.54, 1.807) is 0 Å². The van der Waals surface area contributed by atoms with Crippen molar-refractivity contribution in [3.8, 4) is 0 Å². The highest BCUT2D eigenvalue weighted by Gasteiger charge is 2.15. The van der Waals surface area contributed by atoms with Gasteiger partial charge in [-0.05, 0) is 12.8 Å². The van der Waals surface area contributed by atoms with E-state index in [0.717, 1.165) is 12.5 Å². The Labute approximate surface area is 84.8 Å². The fourth-order valence-electron chi connectivity index (χ4n) is 1.99. The number of anilines is 1. The van der Waals surface area contributed by atoms with Gasteiger partial charge >= 0.3 is 0 Å². The molecule has 0 radical (unpaired) electrons. The Kier molecular flexibility index (Phi) is 2.87. The Morgan fingerprint density at radius 1 is 1.57 bits per heavy atom. The van der Waals surface area contributed by atoms with E-state index in [-0.39, 0.29) is 0 Å². The van der Waals surface area contributed by atoms with Gasteiger partial charge < -0.3 is 9.88 Å². The Morgan fingerprint density at radius 3 is 3.07 bits per heavy atom. The molecule has 2 rings (SSSR count). The zero-order valence-corrected chi connectivity index (χ0v) is 8.45. The number of hydrogen-bond acceptors (Lipinski definition) is 2. The molecule has 0 aromatic carbocycles. The van der Waals surface area contributed by atoms with Crippen LogP contribution in [0.15, 0.2) is 25.0 Å². The molecule has 0 aliphatic heterocycles. The van der Waals surface area contributed by atoms with Crippen molar-refractivity contribution in [1.82, 2.24) is 9.55 Å². The first-order valence-electron chi connectivity index (χ1n) is 5.28. The predicted molar refractivity (Wildman–Crippen MR) is 58.3 cm³/mol. The van der Waals surface area contributed by atoms with Crippen LogP contribution in [0, 0.1) is 0 Å². The first kappa shape index (κ1) is 9.31. The maximum atomic E-state index is 4.30. The van der Waals surface area contributed by atoms with Crippen LogP contribution in [-0.4, -0.2) is 15.6 Å². The minimum Gasteiger partial charge on any atom is -0.353 e. The number of imidazole rings is 1. The van der Waals surface area contributed by atoms with Gasteiger partial charge in [0.2, 0.25) is 5.95 Å². The second-order valence-corrected chi connectivity index (χ2v) is 3.82. The van der Waals surface area contributed by atoms with Crippen molar-refractivity contribution in [1.29, 1.82) is 0 Å². The second kappa shape index (κ2) is 4.31. The van der Waals surface area contributed by atoms with Crippen LogP contribution in [0.3, 0.4) is 0 Å². The van der Waals surface area contributed by atoms with E-state index in [2.05, 4.69) is 21.4 Å². The maximum absolute atomic E-state index is 4.30. The molecular formula is C11H17N3. The second-order valence-electron chi connectivity index (χ2n) is 3.82. The normalized spacial score (nSPS) is 17.1. The maximum Gasteiger partial charge on any atom is 0.203 e. The highest BCUT2D eigenvalue weighted by molar-refractivity contribution is 5.28. The lowest BCUT2D eigenvalue weighted by atomic mass is 10.2. The number of rotatable bonds is 4. The van der Waals surface area contributed by atoms with Crippen LogP contribution in [0.4, 0.5) is 5.95 Å². The predicted octanol–water partition coefficient (Wildman–Crippen LogP) is 2.42. The van der Waals surface area contributed by atoms with Crippen molar-refractivity contribution >= 4 is 5.95 Å². The number of aromatic nitrogens is 2. The van der Waals surface area contributed by atoms with Crippen LogP contribution in [0.25, 0.3) is 0 Å². The summed E-state index contributed by atoms with van der Waals surface area (Å²) in [5.41, 5.74) is 0. The van der Waals surface area contributed by atoms with Gasteiger partial charge in [-0.3, -0.25) is 0 Å². The van der Waals surface area contributed by atoms with Crippen LogP contribution < -0.4 is 5.32 Å². The molecule has 1 aliphatic carbocycles. The SMILES string of the molecule is C=CCn1ccnc1NC1CCCC1. The first-order valence-corrected chi connectivity index (χ1v) is 5.28. The minimum atomic E-state index is 0.626. The summed E-state index contributed by atoms with van der Waals surface area (Å²) < 4.78 is 2.09. The van der Waals surface area contributed by atoms with Gasteiger partial charge in [-0.15, -0.1) is 6.58 Å².